The molecular weight excluding hydrogens is 216 g/mol. The minimum Gasteiger partial charge on any atom is -0.480 e. The summed E-state index contributed by atoms with van der Waals surface area (Å²) in [7, 11) is 0. The lowest BCUT2D eigenvalue weighted by molar-refractivity contribution is -0.140. The second-order valence-electron chi connectivity index (χ2n) is 3.13. The Hall–Kier alpha value is -1.43. The summed E-state index contributed by atoms with van der Waals surface area (Å²) in [5.74, 6) is -1.05. The molecule has 0 fully saturated rings. The maximum atomic E-state index is 10.7. The van der Waals surface area contributed by atoms with Gasteiger partial charge in [-0.05, 0) is 13.8 Å². The summed E-state index contributed by atoms with van der Waals surface area (Å²) >= 11 is 1.46. The van der Waals surface area contributed by atoms with Crippen molar-refractivity contribution in [2.75, 3.05) is 0 Å². The number of nitrogens with zero attached hydrogens (tertiary/aromatic N) is 1. The molecular formula is C9H12N2O3S. The van der Waals surface area contributed by atoms with E-state index in [1.165, 1.54) is 11.3 Å². The molecule has 0 aromatic carbocycles. The Kier molecular flexibility index (Phi) is 3.79. The number of carboxylic acid groups (broad SMARTS) is 1. The standard InChI is InChI=1S/C9H12N2O3S/c1-5-6(2)15-8(11-5)3-7(9(13)14)10-4-12/h4,7H,3H2,1-2H3,(H,10,12)(H,13,14). The zero-order valence-electron chi connectivity index (χ0n) is 8.48. The Morgan fingerprint density at radius 3 is 2.73 bits per heavy atom. The molecule has 1 unspecified atom stereocenters. The van der Waals surface area contributed by atoms with Crippen molar-refractivity contribution in [3.05, 3.63) is 15.6 Å². The summed E-state index contributed by atoms with van der Waals surface area (Å²) in [6.07, 6.45) is 0.625. The molecule has 0 aliphatic rings. The van der Waals surface area contributed by atoms with Crippen molar-refractivity contribution in [3.63, 3.8) is 0 Å². The van der Waals surface area contributed by atoms with Gasteiger partial charge in [0.1, 0.15) is 6.04 Å². The highest BCUT2D eigenvalue weighted by Crippen LogP contribution is 2.17. The molecule has 15 heavy (non-hydrogen) atoms. The third-order valence-electron chi connectivity index (χ3n) is 2.02. The molecule has 0 saturated heterocycles. The van der Waals surface area contributed by atoms with Crippen LogP contribution in [0.2, 0.25) is 0 Å². The van der Waals surface area contributed by atoms with Crippen molar-refractivity contribution in [3.8, 4) is 0 Å². The van der Waals surface area contributed by atoms with E-state index >= 15 is 0 Å². The van der Waals surface area contributed by atoms with Crippen LogP contribution in [0.4, 0.5) is 0 Å². The number of rotatable bonds is 5. The summed E-state index contributed by atoms with van der Waals surface area (Å²) < 4.78 is 0. The zero-order chi connectivity index (χ0) is 11.4. The second-order valence-corrected chi connectivity index (χ2v) is 4.42. The van der Waals surface area contributed by atoms with Gasteiger partial charge < -0.3 is 10.4 Å². The van der Waals surface area contributed by atoms with Gasteiger partial charge in [0.05, 0.1) is 10.7 Å². The number of hydrogen-bond acceptors (Lipinski definition) is 4. The second kappa shape index (κ2) is 4.88. The lowest BCUT2D eigenvalue weighted by Crippen LogP contribution is -2.37. The molecule has 82 valence electrons. The molecule has 0 bridgehead atoms. The van der Waals surface area contributed by atoms with Crippen LogP contribution >= 0.6 is 11.3 Å². The molecule has 1 rings (SSSR count). The van der Waals surface area contributed by atoms with E-state index in [1.54, 1.807) is 0 Å². The number of carboxylic acids is 1. The largest absolute Gasteiger partial charge is 0.480 e. The van der Waals surface area contributed by atoms with Crippen LogP contribution in [0.5, 0.6) is 0 Å². The smallest absolute Gasteiger partial charge is 0.326 e. The van der Waals surface area contributed by atoms with Gasteiger partial charge in [-0.15, -0.1) is 11.3 Å². The Balaban J connectivity index is 2.73. The SMILES string of the molecule is Cc1nc(CC(NC=O)C(=O)O)sc1C. The fourth-order valence-electron chi connectivity index (χ4n) is 1.10. The Labute approximate surface area is 91.1 Å². The maximum Gasteiger partial charge on any atom is 0.326 e. The summed E-state index contributed by atoms with van der Waals surface area (Å²) in [5, 5.41) is 11.8. The van der Waals surface area contributed by atoms with E-state index < -0.39 is 12.0 Å². The summed E-state index contributed by atoms with van der Waals surface area (Å²) in [6.45, 7) is 3.80. The van der Waals surface area contributed by atoms with E-state index in [0.717, 1.165) is 15.6 Å². The van der Waals surface area contributed by atoms with Crippen molar-refractivity contribution in [2.45, 2.75) is 26.3 Å². The normalized spacial score (nSPS) is 12.1. The molecule has 0 saturated carbocycles. The van der Waals surface area contributed by atoms with Crippen LogP contribution in [0.15, 0.2) is 0 Å². The van der Waals surface area contributed by atoms with Gasteiger partial charge in [0.25, 0.3) is 0 Å². The van der Waals surface area contributed by atoms with Gasteiger partial charge in [0, 0.05) is 11.3 Å². The van der Waals surface area contributed by atoms with Gasteiger partial charge in [-0.2, -0.15) is 0 Å². The van der Waals surface area contributed by atoms with Crippen LogP contribution in [0.1, 0.15) is 15.6 Å². The van der Waals surface area contributed by atoms with Gasteiger partial charge in [0.2, 0.25) is 6.41 Å². The van der Waals surface area contributed by atoms with Crippen LogP contribution in [0, 0.1) is 13.8 Å². The van der Waals surface area contributed by atoms with Crippen molar-refractivity contribution in [1.29, 1.82) is 0 Å². The van der Waals surface area contributed by atoms with Crippen molar-refractivity contribution >= 4 is 23.7 Å². The number of aromatic nitrogens is 1. The minimum atomic E-state index is -1.05. The molecule has 5 nitrogen and oxygen atoms in total. The first-order valence-corrected chi connectivity index (χ1v) is 5.21. The van der Waals surface area contributed by atoms with Gasteiger partial charge in [0.15, 0.2) is 0 Å². The Morgan fingerprint density at radius 1 is 1.67 bits per heavy atom. The lowest BCUT2D eigenvalue weighted by Gasteiger charge is -2.08. The van der Waals surface area contributed by atoms with E-state index in [2.05, 4.69) is 10.3 Å². The molecule has 0 aliphatic carbocycles. The first kappa shape index (κ1) is 11.6. The van der Waals surface area contributed by atoms with E-state index in [-0.39, 0.29) is 6.42 Å². The molecule has 1 heterocycles. The van der Waals surface area contributed by atoms with Crippen LogP contribution in [-0.2, 0) is 16.0 Å². The molecule has 1 aromatic rings. The number of hydrogen-bond donors (Lipinski definition) is 2. The molecule has 6 heteroatoms. The molecule has 0 spiro atoms. The van der Waals surface area contributed by atoms with Crippen LogP contribution < -0.4 is 5.32 Å². The fraction of sp³-hybridized carbons (Fsp3) is 0.444. The first-order valence-electron chi connectivity index (χ1n) is 4.40. The van der Waals surface area contributed by atoms with Crippen LogP contribution in [0.25, 0.3) is 0 Å². The quantitative estimate of drug-likeness (QED) is 0.719. The number of carbonyl (C=O) groups excluding carboxylic acids is 1. The predicted octanol–water partition coefficient (Wildman–Crippen LogP) is 0.502. The van der Waals surface area contributed by atoms with E-state index in [1.807, 2.05) is 13.8 Å². The Bertz CT molecular complexity index is 356. The zero-order valence-corrected chi connectivity index (χ0v) is 9.30. The van der Waals surface area contributed by atoms with E-state index in [4.69, 9.17) is 5.11 Å². The van der Waals surface area contributed by atoms with E-state index in [9.17, 15) is 9.59 Å². The fourth-order valence-corrected chi connectivity index (χ4v) is 2.08. The third kappa shape index (κ3) is 3.02. The number of aryl methyl sites for hydroxylation is 2. The number of nitrogens with one attached hydrogen (secondary N) is 1. The summed E-state index contributed by atoms with van der Waals surface area (Å²) in [4.78, 5) is 26.2. The van der Waals surface area contributed by atoms with Gasteiger partial charge in [-0.25, -0.2) is 9.78 Å². The van der Waals surface area contributed by atoms with Crippen molar-refractivity contribution < 1.29 is 14.7 Å². The van der Waals surface area contributed by atoms with Gasteiger partial charge in [-0.1, -0.05) is 0 Å². The Morgan fingerprint density at radius 2 is 2.33 bits per heavy atom. The average Bonchev–Trinajstić information content (AvgIpc) is 2.45. The monoisotopic (exact) mass is 228 g/mol. The molecule has 1 amide bonds. The highest BCUT2D eigenvalue weighted by atomic mass is 32.1. The maximum absolute atomic E-state index is 10.7. The topological polar surface area (TPSA) is 79.3 Å². The predicted molar refractivity (Wildman–Crippen MR) is 55.9 cm³/mol. The lowest BCUT2D eigenvalue weighted by atomic mass is 10.2. The molecule has 2 N–H and O–H groups in total. The van der Waals surface area contributed by atoms with Gasteiger partial charge in [-0.3, -0.25) is 4.79 Å². The highest BCUT2D eigenvalue weighted by Gasteiger charge is 2.18. The minimum absolute atomic E-state index is 0.230. The van der Waals surface area contributed by atoms with Crippen LogP contribution in [0.3, 0.4) is 0 Å². The molecule has 1 aromatic heterocycles. The third-order valence-corrected chi connectivity index (χ3v) is 3.11. The average molecular weight is 228 g/mol. The number of carbonyl (C=O) groups is 2. The highest BCUT2D eigenvalue weighted by molar-refractivity contribution is 7.11. The number of thiazole rings is 1. The molecule has 0 aliphatic heterocycles. The summed E-state index contributed by atoms with van der Waals surface area (Å²) in [6, 6.07) is -0.896. The van der Waals surface area contributed by atoms with E-state index in [0.29, 0.717) is 6.41 Å². The molecule has 1 atom stereocenters. The number of amides is 1. The first-order chi connectivity index (χ1) is 7.04. The van der Waals surface area contributed by atoms with Crippen molar-refractivity contribution in [2.24, 2.45) is 0 Å². The number of aliphatic carboxylic acids is 1. The summed E-state index contributed by atoms with van der Waals surface area (Å²) in [5.41, 5.74) is 0.908. The molecule has 0 radical (unpaired) electrons. The van der Waals surface area contributed by atoms with Crippen LogP contribution in [-0.4, -0.2) is 28.5 Å². The van der Waals surface area contributed by atoms with Crippen molar-refractivity contribution in [1.82, 2.24) is 10.3 Å². The van der Waals surface area contributed by atoms with Gasteiger partial charge >= 0.3 is 5.97 Å².